The van der Waals surface area contributed by atoms with Gasteiger partial charge in [-0.2, -0.15) is 0 Å². The van der Waals surface area contributed by atoms with E-state index in [1.165, 1.54) is 0 Å². The summed E-state index contributed by atoms with van der Waals surface area (Å²) in [5.41, 5.74) is 7.53. The number of methoxy groups -OCH3 is 1. The lowest BCUT2D eigenvalue weighted by molar-refractivity contribution is -0.116. The number of amides is 2. The zero-order chi connectivity index (χ0) is 19.2. The maximum atomic E-state index is 12.8. The second-order valence-corrected chi connectivity index (χ2v) is 6.22. The van der Waals surface area contributed by atoms with E-state index in [1.807, 2.05) is 24.3 Å². The Morgan fingerprint density at radius 1 is 1.26 bits per heavy atom. The van der Waals surface area contributed by atoms with Crippen LogP contribution in [-0.2, 0) is 4.79 Å². The summed E-state index contributed by atoms with van der Waals surface area (Å²) in [5, 5.41) is 5.76. The first-order valence-electron chi connectivity index (χ1n) is 8.83. The zero-order valence-corrected chi connectivity index (χ0v) is 15.2. The van der Waals surface area contributed by atoms with E-state index in [0.29, 0.717) is 36.6 Å². The minimum Gasteiger partial charge on any atom is -0.493 e. The SMILES string of the molecule is COc1ccc(C(=O)NC2CC(=O)Nc3ccccc32)cc1OCCCN. The summed E-state index contributed by atoms with van der Waals surface area (Å²) in [4.78, 5) is 24.7. The standard InChI is InChI=1S/C20H23N3O4/c1-26-17-8-7-13(11-18(17)27-10-4-9-21)20(25)23-16-12-19(24)22-15-6-3-2-5-14(15)16/h2-3,5-8,11,16H,4,9-10,12,21H2,1H3,(H,22,24)(H,23,25). The highest BCUT2D eigenvalue weighted by atomic mass is 16.5. The van der Waals surface area contributed by atoms with Crippen LogP contribution in [0.15, 0.2) is 42.5 Å². The molecule has 2 aromatic rings. The lowest BCUT2D eigenvalue weighted by Crippen LogP contribution is -2.35. The van der Waals surface area contributed by atoms with Crippen LogP contribution in [0.5, 0.6) is 11.5 Å². The van der Waals surface area contributed by atoms with E-state index in [-0.39, 0.29) is 24.3 Å². The van der Waals surface area contributed by atoms with Crippen molar-refractivity contribution in [3.05, 3.63) is 53.6 Å². The average Bonchev–Trinajstić information content (AvgIpc) is 2.68. The molecule has 1 aliphatic heterocycles. The third-order valence-electron chi connectivity index (χ3n) is 4.34. The molecule has 142 valence electrons. The van der Waals surface area contributed by atoms with Crippen molar-refractivity contribution in [1.29, 1.82) is 0 Å². The molecule has 27 heavy (non-hydrogen) atoms. The van der Waals surface area contributed by atoms with E-state index in [2.05, 4.69) is 10.6 Å². The fourth-order valence-corrected chi connectivity index (χ4v) is 2.98. The van der Waals surface area contributed by atoms with Crippen LogP contribution in [0.25, 0.3) is 0 Å². The van der Waals surface area contributed by atoms with Gasteiger partial charge < -0.3 is 25.8 Å². The molecule has 0 saturated heterocycles. The third-order valence-corrected chi connectivity index (χ3v) is 4.34. The summed E-state index contributed by atoms with van der Waals surface area (Å²) in [5.74, 6) is 0.627. The van der Waals surface area contributed by atoms with Gasteiger partial charge in [0.05, 0.1) is 26.2 Å². The third kappa shape index (κ3) is 4.38. The van der Waals surface area contributed by atoms with Gasteiger partial charge in [-0.1, -0.05) is 18.2 Å². The molecule has 2 aromatic carbocycles. The number of ether oxygens (including phenoxy) is 2. The Morgan fingerprint density at radius 2 is 2.07 bits per heavy atom. The Balaban J connectivity index is 1.78. The van der Waals surface area contributed by atoms with Crippen LogP contribution in [0.2, 0.25) is 0 Å². The quantitative estimate of drug-likeness (QED) is 0.650. The Hall–Kier alpha value is -3.06. The normalized spacial score (nSPS) is 15.5. The van der Waals surface area contributed by atoms with E-state index < -0.39 is 0 Å². The van der Waals surface area contributed by atoms with Crippen LogP contribution in [0.4, 0.5) is 5.69 Å². The molecule has 7 nitrogen and oxygen atoms in total. The lowest BCUT2D eigenvalue weighted by Gasteiger charge is -2.26. The van der Waals surface area contributed by atoms with Crippen molar-refractivity contribution < 1.29 is 19.1 Å². The van der Waals surface area contributed by atoms with Crippen molar-refractivity contribution in [2.75, 3.05) is 25.6 Å². The van der Waals surface area contributed by atoms with Gasteiger partial charge in [-0.25, -0.2) is 0 Å². The van der Waals surface area contributed by atoms with Gasteiger partial charge >= 0.3 is 0 Å². The van der Waals surface area contributed by atoms with Crippen LogP contribution in [-0.4, -0.2) is 32.1 Å². The molecule has 4 N–H and O–H groups in total. The number of rotatable bonds is 7. The largest absolute Gasteiger partial charge is 0.493 e. The summed E-state index contributed by atoms with van der Waals surface area (Å²) in [6.07, 6.45) is 0.895. The van der Waals surface area contributed by atoms with Gasteiger partial charge in [0.15, 0.2) is 11.5 Å². The Kier molecular flexibility index (Phi) is 5.93. The molecule has 0 aliphatic carbocycles. The highest BCUT2D eigenvalue weighted by Crippen LogP contribution is 2.31. The summed E-state index contributed by atoms with van der Waals surface area (Å²) < 4.78 is 11.0. The first-order valence-corrected chi connectivity index (χ1v) is 8.83. The fraction of sp³-hybridized carbons (Fsp3) is 0.300. The smallest absolute Gasteiger partial charge is 0.251 e. The van der Waals surface area contributed by atoms with E-state index in [9.17, 15) is 9.59 Å². The van der Waals surface area contributed by atoms with E-state index >= 15 is 0 Å². The number of carbonyl (C=O) groups is 2. The van der Waals surface area contributed by atoms with Gasteiger partial charge in [-0.15, -0.1) is 0 Å². The molecule has 0 radical (unpaired) electrons. The second kappa shape index (κ2) is 8.55. The van der Waals surface area contributed by atoms with E-state index in [1.54, 1.807) is 25.3 Å². The van der Waals surface area contributed by atoms with Crippen molar-refractivity contribution in [3.8, 4) is 11.5 Å². The average molecular weight is 369 g/mol. The molecule has 0 saturated carbocycles. The summed E-state index contributed by atoms with van der Waals surface area (Å²) >= 11 is 0. The van der Waals surface area contributed by atoms with Crippen LogP contribution < -0.4 is 25.8 Å². The van der Waals surface area contributed by atoms with Crippen molar-refractivity contribution in [2.45, 2.75) is 18.9 Å². The van der Waals surface area contributed by atoms with Gasteiger partial charge in [0.1, 0.15) is 0 Å². The van der Waals surface area contributed by atoms with Crippen LogP contribution in [0.3, 0.4) is 0 Å². The van der Waals surface area contributed by atoms with Crippen LogP contribution >= 0.6 is 0 Å². The fourth-order valence-electron chi connectivity index (χ4n) is 2.98. The lowest BCUT2D eigenvalue weighted by atomic mass is 9.97. The Morgan fingerprint density at radius 3 is 2.85 bits per heavy atom. The van der Waals surface area contributed by atoms with Gasteiger partial charge in [0.25, 0.3) is 5.91 Å². The van der Waals surface area contributed by atoms with Crippen LogP contribution in [0, 0.1) is 0 Å². The number of para-hydroxylation sites is 1. The molecule has 7 heteroatoms. The summed E-state index contributed by atoms with van der Waals surface area (Å²) in [6.45, 7) is 0.958. The topological polar surface area (TPSA) is 103 Å². The molecule has 0 fully saturated rings. The molecule has 1 atom stereocenters. The molecule has 2 amide bonds. The predicted octanol–water partition coefficient (Wildman–Crippen LogP) is 2.24. The zero-order valence-electron chi connectivity index (χ0n) is 15.2. The number of hydrogen-bond donors (Lipinski definition) is 3. The Labute approximate surface area is 157 Å². The molecule has 0 aromatic heterocycles. The summed E-state index contributed by atoms with van der Waals surface area (Å²) in [6, 6.07) is 12.1. The maximum Gasteiger partial charge on any atom is 0.251 e. The molecule has 1 heterocycles. The summed E-state index contributed by atoms with van der Waals surface area (Å²) in [7, 11) is 1.54. The van der Waals surface area contributed by atoms with E-state index in [4.69, 9.17) is 15.2 Å². The number of nitrogens with two attached hydrogens (primary N) is 1. The molecule has 0 spiro atoms. The van der Waals surface area contributed by atoms with E-state index in [0.717, 1.165) is 11.3 Å². The van der Waals surface area contributed by atoms with Crippen molar-refractivity contribution >= 4 is 17.5 Å². The van der Waals surface area contributed by atoms with Crippen molar-refractivity contribution in [2.24, 2.45) is 5.73 Å². The number of fused-ring (bicyclic) bond motifs is 1. The van der Waals surface area contributed by atoms with Crippen molar-refractivity contribution in [3.63, 3.8) is 0 Å². The number of anilines is 1. The number of carbonyl (C=O) groups excluding carboxylic acids is 2. The highest BCUT2D eigenvalue weighted by molar-refractivity contribution is 5.98. The molecule has 1 aliphatic rings. The van der Waals surface area contributed by atoms with Crippen LogP contribution in [0.1, 0.15) is 34.8 Å². The molecule has 0 bridgehead atoms. The van der Waals surface area contributed by atoms with Gasteiger partial charge in [-0.05, 0) is 42.8 Å². The molecule has 1 unspecified atom stereocenters. The molecular formula is C20H23N3O4. The number of benzene rings is 2. The highest BCUT2D eigenvalue weighted by Gasteiger charge is 2.26. The van der Waals surface area contributed by atoms with Gasteiger partial charge in [0, 0.05) is 11.3 Å². The first-order chi connectivity index (χ1) is 13.1. The predicted molar refractivity (Wildman–Crippen MR) is 102 cm³/mol. The minimum absolute atomic E-state index is 0.125. The molecular weight excluding hydrogens is 346 g/mol. The number of nitrogens with one attached hydrogen (secondary N) is 2. The number of hydrogen-bond acceptors (Lipinski definition) is 5. The Bertz CT molecular complexity index is 838. The minimum atomic E-state index is -0.383. The maximum absolute atomic E-state index is 12.8. The monoisotopic (exact) mass is 369 g/mol. The first kappa shape index (κ1) is 18.7. The van der Waals surface area contributed by atoms with Gasteiger partial charge in [0.2, 0.25) is 5.91 Å². The van der Waals surface area contributed by atoms with Gasteiger partial charge in [-0.3, -0.25) is 9.59 Å². The van der Waals surface area contributed by atoms with Crippen molar-refractivity contribution in [1.82, 2.24) is 5.32 Å². The molecule has 3 rings (SSSR count). The second-order valence-electron chi connectivity index (χ2n) is 6.22.